The summed E-state index contributed by atoms with van der Waals surface area (Å²) in [4.78, 5) is 11.8. The van der Waals surface area contributed by atoms with Gasteiger partial charge in [0.15, 0.2) is 0 Å². The van der Waals surface area contributed by atoms with E-state index >= 15 is 0 Å². The van der Waals surface area contributed by atoms with Crippen LogP contribution in [-0.2, 0) is 4.74 Å². The molecule has 0 radical (unpaired) electrons. The van der Waals surface area contributed by atoms with Gasteiger partial charge in [-0.3, -0.25) is 0 Å². The van der Waals surface area contributed by atoms with Crippen molar-refractivity contribution in [2.75, 3.05) is 19.5 Å². The number of aliphatic hydroxyl groups excluding tert-OH is 1. The summed E-state index contributed by atoms with van der Waals surface area (Å²) in [5, 5.41) is 19.8. The number of carboxylic acid groups (broad SMARTS) is 1. The molecule has 2 N–H and O–H groups in total. The van der Waals surface area contributed by atoms with E-state index in [1.54, 1.807) is 11.4 Å². The van der Waals surface area contributed by atoms with E-state index in [2.05, 4.69) is 0 Å². The summed E-state index contributed by atoms with van der Waals surface area (Å²) in [7, 11) is 1.53. The van der Waals surface area contributed by atoms with Gasteiger partial charge < -0.3 is 14.9 Å². The lowest BCUT2D eigenvalue weighted by Crippen LogP contribution is -2.16. The van der Waals surface area contributed by atoms with Crippen LogP contribution >= 0.6 is 23.1 Å². The highest BCUT2D eigenvalue weighted by molar-refractivity contribution is 7.99. The molecule has 1 unspecified atom stereocenters. The third-order valence-electron chi connectivity index (χ3n) is 1.59. The maximum Gasteiger partial charge on any atom is 0.345 e. The first-order chi connectivity index (χ1) is 7.13. The lowest BCUT2D eigenvalue weighted by atomic mass is 10.4. The van der Waals surface area contributed by atoms with Crippen molar-refractivity contribution < 1.29 is 19.7 Å². The van der Waals surface area contributed by atoms with Crippen LogP contribution in [-0.4, -0.2) is 41.8 Å². The molecule has 0 saturated heterocycles. The Labute approximate surface area is 95.9 Å². The smallest absolute Gasteiger partial charge is 0.345 e. The van der Waals surface area contributed by atoms with Crippen LogP contribution in [0.25, 0.3) is 0 Å². The molecule has 15 heavy (non-hydrogen) atoms. The fourth-order valence-electron chi connectivity index (χ4n) is 0.940. The highest BCUT2D eigenvalue weighted by Gasteiger charge is 2.09. The number of aliphatic hydroxyl groups is 1. The van der Waals surface area contributed by atoms with Crippen molar-refractivity contribution in [3.8, 4) is 0 Å². The molecule has 0 spiro atoms. The molecule has 6 heteroatoms. The quantitative estimate of drug-likeness (QED) is 0.748. The van der Waals surface area contributed by atoms with Gasteiger partial charge in [-0.25, -0.2) is 4.79 Å². The van der Waals surface area contributed by atoms with Gasteiger partial charge in [0.1, 0.15) is 4.88 Å². The highest BCUT2D eigenvalue weighted by Crippen LogP contribution is 2.25. The topological polar surface area (TPSA) is 66.8 Å². The molecule has 1 aromatic rings. The summed E-state index contributed by atoms with van der Waals surface area (Å²) < 4.78 is 4.78. The van der Waals surface area contributed by atoms with Gasteiger partial charge in [0.25, 0.3) is 0 Å². The molecule has 1 atom stereocenters. The molecule has 0 amide bonds. The van der Waals surface area contributed by atoms with E-state index in [1.807, 2.05) is 0 Å². The standard InChI is InChI=1S/C9H12O4S2/c1-13-3-6(10)4-14-7-2-8(9(11)12)15-5-7/h2,5-6,10H,3-4H2,1H3,(H,11,12). The van der Waals surface area contributed by atoms with E-state index < -0.39 is 12.1 Å². The van der Waals surface area contributed by atoms with Crippen LogP contribution in [0, 0.1) is 0 Å². The highest BCUT2D eigenvalue weighted by atomic mass is 32.2. The van der Waals surface area contributed by atoms with E-state index in [0.717, 1.165) is 4.90 Å². The number of thiophene rings is 1. The number of thioether (sulfide) groups is 1. The number of hydrogen-bond acceptors (Lipinski definition) is 5. The zero-order valence-electron chi connectivity index (χ0n) is 8.17. The van der Waals surface area contributed by atoms with Crippen molar-refractivity contribution in [1.29, 1.82) is 0 Å². The molecule has 1 heterocycles. The number of carbonyl (C=O) groups is 1. The van der Waals surface area contributed by atoms with Crippen LogP contribution in [0.2, 0.25) is 0 Å². The van der Waals surface area contributed by atoms with Crippen molar-refractivity contribution >= 4 is 29.1 Å². The van der Waals surface area contributed by atoms with E-state index in [0.29, 0.717) is 17.2 Å². The Morgan fingerprint density at radius 1 is 1.73 bits per heavy atom. The number of carboxylic acids is 1. The van der Waals surface area contributed by atoms with Gasteiger partial charge in [-0.1, -0.05) is 0 Å². The van der Waals surface area contributed by atoms with Crippen LogP contribution in [0.4, 0.5) is 0 Å². The first kappa shape index (κ1) is 12.5. The van der Waals surface area contributed by atoms with Crippen LogP contribution < -0.4 is 0 Å². The summed E-state index contributed by atoms with van der Waals surface area (Å²) in [6, 6.07) is 1.61. The van der Waals surface area contributed by atoms with Crippen molar-refractivity contribution in [3.05, 3.63) is 16.3 Å². The van der Waals surface area contributed by atoms with Crippen LogP contribution in [0.5, 0.6) is 0 Å². The summed E-state index contributed by atoms with van der Waals surface area (Å²) in [5.41, 5.74) is 0. The van der Waals surface area contributed by atoms with E-state index in [9.17, 15) is 9.90 Å². The van der Waals surface area contributed by atoms with Crippen LogP contribution in [0.1, 0.15) is 9.67 Å². The number of aromatic carboxylic acids is 1. The number of methoxy groups -OCH3 is 1. The fraction of sp³-hybridized carbons (Fsp3) is 0.444. The molecule has 1 aromatic heterocycles. The van der Waals surface area contributed by atoms with Gasteiger partial charge in [-0.2, -0.15) is 0 Å². The molecular formula is C9H12O4S2. The van der Waals surface area contributed by atoms with Crippen LogP contribution in [0.15, 0.2) is 16.3 Å². The normalized spacial score (nSPS) is 12.7. The predicted octanol–water partition coefficient (Wildman–Crippen LogP) is 1.55. The number of ether oxygens (including phenoxy) is 1. The first-order valence-corrected chi connectivity index (χ1v) is 6.11. The molecule has 0 bridgehead atoms. The summed E-state index contributed by atoms with van der Waals surface area (Å²) in [6.45, 7) is 0.295. The van der Waals surface area contributed by atoms with Crippen molar-refractivity contribution in [1.82, 2.24) is 0 Å². The molecule has 0 aliphatic rings. The SMILES string of the molecule is COCC(O)CSc1csc(C(=O)O)c1. The van der Waals surface area contributed by atoms with E-state index in [-0.39, 0.29) is 0 Å². The van der Waals surface area contributed by atoms with Gasteiger partial charge >= 0.3 is 5.97 Å². The summed E-state index contributed by atoms with van der Waals surface area (Å²) >= 11 is 2.61. The lowest BCUT2D eigenvalue weighted by molar-refractivity contribution is 0.0702. The molecule has 0 aromatic carbocycles. The monoisotopic (exact) mass is 248 g/mol. The maximum absolute atomic E-state index is 10.6. The molecular weight excluding hydrogens is 236 g/mol. The molecule has 0 saturated carbocycles. The second-order valence-corrected chi connectivity index (χ2v) is 4.88. The van der Waals surface area contributed by atoms with Crippen molar-refractivity contribution in [2.45, 2.75) is 11.0 Å². The summed E-state index contributed by atoms with van der Waals surface area (Å²) in [5.74, 6) is -0.409. The lowest BCUT2D eigenvalue weighted by Gasteiger charge is -2.07. The maximum atomic E-state index is 10.6. The summed E-state index contributed by atoms with van der Waals surface area (Å²) in [6.07, 6.45) is -0.520. The first-order valence-electron chi connectivity index (χ1n) is 4.25. The average Bonchev–Trinajstić information content (AvgIpc) is 2.63. The van der Waals surface area contributed by atoms with E-state index in [1.165, 1.54) is 30.2 Å². The Morgan fingerprint density at radius 2 is 2.47 bits per heavy atom. The second kappa shape index (κ2) is 6.12. The van der Waals surface area contributed by atoms with Crippen molar-refractivity contribution in [2.24, 2.45) is 0 Å². The minimum absolute atomic E-state index is 0.295. The van der Waals surface area contributed by atoms with Gasteiger partial charge in [-0.05, 0) is 6.07 Å². The van der Waals surface area contributed by atoms with Gasteiger partial charge in [0.2, 0.25) is 0 Å². The Kier molecular flexibility index (Phi) is 5.10. The zero-order chi connectivity index (χ0) is 11.3. The Hall–Kier alpha value is -0.560. The Balaban J connectivity index is 2.40. The Bertz CT molecular complexity index is 324. The number of rotatable bonds is 6. The zero-order valence-corrected chi connectivity index (χ0v) is 9.81. The molecule has 0 fully saturated rings. The molecule has 0 aliphatic heterocycles. The van der Waals surface area contributed by atoms with Gasteiger partial charge in [0, 0.05) is 23.1 Å². The predicted molar refractivity (Wildman–Crippen MR) is 59.9 cm³/mol. The van der Waals surface area contributed by atoms with Gasteiger partial charge in [0.05, 0.1) is 12.7 Å². The fourth-order valence-corrected chi connectivity index (χ4v) is 2.72. The number of hydrogen-bond donors (Lipinski definition) is 2. The third-order valence-corrected chi connectivity index (χ3v) is 3.78. The van der Waals surface area contributed by atoms with Gasteiger partial charge in [-0.15, -0.1) is 23.1 Å². The van der Waals surface area contributed by atoms with Crippen molar-refractivity contribution in [3.63, 3.8) is 0 Å². The van der Waals surface area contributed by atoms with Crippen LogP contribution in [0.3, 0.4) is 0 Å². The average molecular weight is 248 g/mol. The minimum Gasteiger partial charge on any atom is -0.477 e. The molecule has 84 valence electrons. The Morgan fingerprint density at radius 3 is 3.00 bits per heavy atom. The minimum atomic E-state index is -0.913. The second-order valence-electron chi connectivity index (χ2n) is 2.87. The third kappa shape index (κ3) is 4.21. The molecule has 1 rings (SSSR count). The van der Waals surface area contributed by atoms with E-state index in [4.69, 9.17) is 9.84 Å². The molecule has 0 aliphatic carbocycles. The largest absolute Gasteiger partial charge is 0.477 e. The molecule has 4 nitrogen and oxygen atoms in total.